The van der Waals surface area contributed by atoms with E-state index in [1.807, 2.05) is 0 Å². The van der Waals surface area contributed by atoms with Gasteiger partial charge in [-0.3, -0.25) is 0 Å². The van der Waals surface area contributed by atoms with Crippen LogP contribution in [0.25, 0.3) is 0 Å². The molecule has 116 valence electrons. The van der Waals surface area contributed by atoms with E-state index >= 15 is 0 Å². The molecule has 1 aliphatic carbocycles. The average molecular weight is 352 g/mol. The van der Waals surface area contributed by atoms with E-state index in [0.717, 1.165) is 30.0 Å². The lowest BCUT2D eigenvalue weighted by molar-refractivity contribution is 0.0298. The fourth-order valence-corrected chi connectivity index (χ4v) is 3.86. The van der Waals surface area contributed by atoms with Gasteiger partial charge in [0.25, 0.3) is 0 Å². The van der Waals surface area contributed by atoms with Crippen LogP contribution >= 0.6 is 15.9 Å². The summed E-state index contributed by atoms with van der Waals surface area (Å²) < 4.78 is 7.33. The highest BCUT2D eigenvalue weighted by Crippen LogP contribution is 2.49. The van der Waals surface area contributed by atoms with E-state index in [-0.39, 0.29) is 5.41 Å². The highest BCUT2D eigenvalue weighted by molar-refractivity contribution is 9.10. The molecule has 1 saturated heterocycles. The predicted octanol–water partition coefficient (Wildman–Crippen LogP) is 4.17. The first-order valence-corrected chi connectivity index (χ1v) is 8.98. The van der Waals surface area contributed by atoms with E-state index in [4.69, 9.17) is 4.74 Å². The second-order valence-electron chi connectivity index (χ2n) is 7.08. The Morgan fingerprint density at radius 1 is 1.29 bits per heavy atom. The summed E-state index contributed by atoms with van der Waals surface area (Å²) in [6.07, 6.45) is 5.47. The zero-order valence-corrected chi connectivity index (χ0v) is 14.7. The van der Waals surface area contributed by atoms with Crippen LogP contribution in [0.5, 0.6) is 0 Å². The van der Waals surface area contributed by atoms with Crippen LogP contribution in [0.3, 0.4) is 0 Å². The van der Waals surface area contributed by atoms with Gasteiger partial charge < -0.3 is 10.1 Å². The van der Waals surface area contributed by atoms with Gasteiger partial charge in [0.2, 0.25) is 0 Å². The van der Waals surface area contributed by atoms with Crippen LogP contribution in [0.4, 0.5) is 0 Å². The van der Waals surface area contributed by atoms with E-state index in [2.05, 4.69) is 59.4 Å². The highest BCUT2D eigenvalue weighted by Gasteiger charge is 2.50. The van der Waals surface area contributed by atoms with E-state index < -0.39 is 0 Å². The van der Waals surface area contributed by atoms with Crippen molar-refractivity contribution in [2.75, 3.05) is 13.2 Å². The van der Waals surface area contributed by atoms with Crippen LogP contribution in [0, 0.1) is 11.3 Å². The Morgan fingerprint density at radius 2 is 2.00 bits per heavy atom. The molecule has 1 heterocycles. The molecule has 0 amide bonds. The molecule has 0 bridgehead atoms. The lowest BCUT2D eigenvalue weighted by Crippen LogP contribution is -2.45. The summed E-state index contributed by atoms with van der Waals surface area (Å²) in [6.45, 7) is 6.46. The van der Waals surface area contributed by atoms with Crippen molar-refractivity contribution in [3.05, 3.63) is 34.3 Å². The van der Waals surface area contributed by atoms with E-state index in [9.17, 15) is 0 Å². The second-order valence-corrected chi connectivity index (χ2v) is 8.00. The van der Waals surface area contributed by atoms with Gasteiger partial charge in [-0.25, -0.2) is 0 Å². The molecule has 2 atom stereocenters. The van der Waals surface area contributed by atoms with Gasteiger partial charge in [-0.2, -0.15) is 0 Å². The summed E-state index contributed by atoms with van der Waals surface area (Å²) in [5, 5.41) is 3.68. The van der Waals surface area contributed by atoms with Crippen molar-refractivity contribution in [3.63, 3.8) is 0 Å². The lowest BCUT2D eigenvalue weighted by Gasteiger charge is -2.35. The van der Waals surface area contributed by atoms with Crippen LogP contribution in [0.2, 0.25) is 0 Å². The summed E-state index contributed by atoms with van der Waals surface area (Å²) in [5.74, 6) is 0.803. The van der Waals surface area contributed by atoms with Crippen molar-refractivity contribution in [2.45, 2.75) is 51.7 Å². The number of ether oxygens (including phenoxy) is 1. The van der Waals surface area contributed by atoms with Gasteiger partial charge in [-0.15, -0.1) is 0 Å². The number of benzene rings is 1. The summed E-state index contributed by atoms with van der Waals surface area (Å²) in [7, 11) is 0. The quantitative estimate of drug-likeness (QED) is 0.830. The van der Waals surface area contributed by atoms with Crippen molar-refractivity contribution < 1.29 is 4.74 Å². The minimum atomic E-state index is 0.277. The summed E-state index contributed by atoms with van der Waals surface area (Å²) >= 11 is 3.53. The Bertz CT molecular complexity index is 469. The summed E-state index contributed by atoms with van der Waals surface area (Å²) in [4.78, 5) is 0. The van der Waals surface area contributed by atoms with Crippen molar-refractivity contribution in [2.24, 2.45) is 11.3 Å². The molecule has 2 nitrogen and oxygen atoms in total. The summed E-state index contributed by atoms with van der Waals surface area (Å²) in [5.41, 5.74) is 1.71. The van der Waals surface area contributed by atoms with E-state index in [1.165, 1.54) is 24.8 Å². The Balaban J connectivity index is 1.79. The third-order valence-corrected chi connectivity index (χ3v) is 5.41. The van der Waals surface area contributed by atoms with Gasteiger partial charge in [0.05, 0.1) is 6.10 Å². The molecule has 3 heteroatoms. The largest absolute Gasteiger partial charge is 0.377 e. The Hall–Kier alpha value is -0.380. The molecule has 2 aliphatic rings. The molecule has 1 aliphatic heterocycles. The number of rotatable bonds is 6. The molecular formula is C18H26BrNO. The monoisotopic (exact) mass is 351 g/mol. The van der Waals surface area contributed by atoms with Gasteiger partial charge in [0, 0.05) is 29.1 Å². The fourth-order valence-electron chi connectivity index (χ4n) is 3.60. The van der Waals surface area contributed by atoms with Crippen LogP contribution in [-0.4, -0.2) is 25.3 Å². The van der Waals surface area contributed by atoms with Crippen LogP contribution in [0.1, 0.15) is 38.7 Å². The van der Waals surface area contributed by atoms with Crippen molar-refractivity contribution in [1.82, 2.24) is 5.32 Å². The Kier molecular flexibility index (Phi) is 4.72. The topological polar surface area (TPSA) is 21.3 Å². The van der Waals surface area contributed by atoms with Crippen LogP contribution in [-0.2, 0) is 11.2 Å². The van der Waals surface area contributed by atoms with E-state index in [1.54, 1.807) is 0 Å². The van der Waals surface area contributed by atoms with Crippen LogP contribution in [0.15, 0.2) is 28.7 Å². The molecule has 3 rings (SSSR count). The van der Waals surface area contributed by atoms with Crippen molar-refractivity contribution in [1.29, 1.82) is 0 Å². The minimum absolute atomic E-state index is 0.277. The first-order chi connectivity index (χ1) is 10.1. The maximum absolute atomic E-state index is 6.17. The highest BCUT2D eigenvalue weighted by atomic mass is 79.9. The molecule has 1 N–H and O–H groups in total. The molecule has 2 unspecified atom stereocenters. The zero-order valence-electron chi connectivity index (χ0n) is 13.1. The lowest BCUT2D eigenvalue weighted by atomic mass is 9.74. The SMILES string of the molecule is CC(C)NCC1(Cc2ccc(Br)cc2)CCOC1C1CC1. The molecule has 0 aromatic heterocycles. The Morgan fingerprint density at radius 3 is 2.62 bits per heavy atom. The van der Waals surface area contributed by atoms with Gasteiger partial charge in [-0.05, 0) is 49.3 Å². The first kappa shape index (κ1) is 15.5. The smallest absolute Gasteiger partial charge is 0.0675 e. The standard InChI is InChI=1S/C18H26BrNO/c1-13(2)20-12-18(9-10-21-17(18)15-5-6-15)11-14-3-7-16(19)8-4-14/h3-4,7-8,13,15,17,20H,5-6,9-12H2,1-2H3. The maximum Gasteiger partial charge on any atom is 0.0675 e. The molecular weight excluding hydrogens is 326 g/mol. The second kappa shape index (κ2) is 6.39. The predicted molar refractivity (Wildman–Crippen MR) is 90.5 cm³/mol. The van der Waals surface area contributed by atoms with Gasteiger partial charge in [-0.1, -0.05) is 41.9 Å². The van der Waals surface area contributed by atoms with Crippen molar-refractivity contribution in [3.8, 4) is 0 Å². The zero-order chi connectivity index (χ0) is 14.9. The maximum atomic E-state index is 6.17. The first-order valence-electron chi connectivity index (χ1n) is 8.18. The minimum Gasteiger partial charge on any atom is -0.377 e. The molecule has 0 spiro atoms. The normalized spacial score (nSPS) is 29.2. The molecule has 1 aromatic rings. The van der Waals surface area contributed by atoms with Gasteiger partial charge in [0.1, 0.15) is 0 Å². The third-order valence-electron chi connectivity index (χ3n) is 4.88. The molecule has 1 aromatic carbocycles. The van der Waals surface area contributed by atoms with Gasteiger partial charge in [0.15, 0.2) is 0 Å². The third kappa shape index (κ3) is 3.69. The number of halogens is 1. The number of nitrogens with one attached hydrogen (secondary N) is 1. The van der Waals surface area contributed by atoms with Crippen LogP contribution < -0.4 is 5.32 Å². The van der Waals surface area contributed by atoms with Crippen molar-refractivity contribution >= 4 is 15.9 Å². The van der Waals surface area contributed by atoms with Gasteiger partial charge >= 0.3 is 0 Å². The fraction of sp³-hybridized carbons (Fsp3) is 0.667. The Labute approximate surface area is 136 Å². The number of hydrogen-bond acceptors (Lipinski definition) is 2. The average Bonchev–Trinajstić information content (AvgIpc) is 3.21. The summed E-state index contributed by atoms with van der Waals surface area (Å²) in [6, 6.07) is 9.35. The molecule has 2 fully saturated rings. The van der Waals surface area contributed by atoms with E-state index in [0.29, 0.717) is 12.1 Å². The molecule has 21 heavy (non-hydrogen) atoms. The number of hydrogen-bond donors (Lipinski definition) is 1. The molecule has 0 radical (unpaired) electrons. The molecule has 1 saturated carbocycles.